The molecule has 0 aliphatic carbocycles. The first kappa shape index (κ1) is 13.7. The molecule has 0 saturated heterocycles. The second-order valence-corrected chi connectivity index (χ2v) is 6.64. The van der Waals surface area contributed by atoms with Gasteiger partial charge >= 0.3 is 0 Å². The Kier molecular flexibility index (Phi) is 4.10. The quantitative estimate of drug-likeness (QED) is 0.695. The number of thiophene rings is 1. The molecule has 20 heavy (non-hydrogen) atoms. The van der Waals surface area contributed by atoms with Crippen LogP contribution in [0.4, 0.5) is 0 Å². The van der Waals surface area contributed by atoms with Crippen LogP contribution in [0.2, 0.25) is 0 Å². The van der Waals surface area contributed by atoms with Crippen LogP contribution >= 0.6 is 23.1 Å². The number of aromatic nitrogens is 2. The third kappa shape index (κ3) is 2.75. The summed E-state index contributed by atoms with van der Waals surface area (Å²) in [5.74, 6) is 0. The predicted molar refractivity (Wildman–Crippen MR) is 87.3 cm³/mol. The Hall–Kier alpha value is -1.30. The van der Waals surface area contributed by atoms with Crippen LogP contribution in [-0.4, -0.2) is 16.0 Å². The maximum absolute atomic E-state index is 6.29. The van der Waals surface area contributed by atoms with Crippen LogP contribution in [0.15, 0.2) is 46.2 Å². The number of nitrogens with two attached hydrogens (primary N) is 1. The molecule has 0 saturated carbocycles. The average molecular weight is 303 g/mol. The number of nitrogens with one attached hydrogen (secondary N) is 1. The van der Waals surface area contributed by atoms with E-state index in [1.54, 1.807) is 23.1 Å². The van der Waals surface area contributed by atoms with Gasteiger partial charge in [0.25, 0.3) is 0 Å². The number of H-pyrrole nitrogens is 1. The number of imidazole rings is 1. The molecule has 0 radical (unpaired) electrons. The van der Waals surface area contributed by atoms with Crippen molar-refractivity contribution in [2.75, 3.05) is 0 Å². The van der Waals surface area contributed by atoms with Crippen molar-refractivity contribution in [2.24, 2.45) is 5.73 Å². The molecule has 3 aromatic rings. The molecule has 0 aliphatic rings. The van der Waals surface area contributed by atoms with E-state index in [1.165, 1.54) is 5.56 Å². The van der Waals surface area contributed by atoms with Crippen LogP contribution in [-0.2, 0) is 0 Å². The molecular weight excluding hydrogens is 286 g/mol. The minimum atomic E-state index is 0.128. The normalized spacial score (nSPS) is 14.5. The number of hydrogen-bond donors (Lipinski definition) is 2. The maximum Gasteiger partial charge on any atom is 0.167 e. The third-order valence-corrected chi connectivity index (χ3v) is 5.33. The van der Waals surface area contributed by atoms with E-state index >= 15 is 0 Å². The molecule has 0 amide bonds. The largest absolute Gasteiger partial charge is 0.333 e. The Labute approximate surface area is 126 Å². The molecule has 0 aliphatic heterocycles. The Bertz CT molecular complexity index is 642. The molecule has 0 fully saturated rings. The molecule has 0 spiro atoms. The zero-order valence-corrected chi connectivity index (χ0v) is 12.9. The molecule has 2 atom stereocenters. The predicted octanol–water partition coefficient (Wildman–Crippen LogP) is 4.20. The standard InChI is InChI=1S/C15H17N3S2/c1-2-11(16)14(10-7-8-19-9-10)20-15-17-12-5-3-4-6-13(12)18-15/h3-9,11,14H,2,16H2,1H3,(H,17,18). The summed E-state index contributed by atoms with van der Waals surface area (Å²) in [7, 11) is 0. The van der Waals surface area contributed by atoms with Crippen molar-refractivity contribution in [1.29, 1.82) is 0 Å². The van der Waals surface area contributed by atoms with Crippen molar-refractivity contribution in [3.05, 3.63) is 46.7 Å². The van der Waals surface area contributed by atoms with Crippen molar-refractivity contribution >= 4 is 34.1 Å². The molecule has 104 valence electrons. The second-order valence-electron chi connectivity index (χ2n) is 4.73. The Morgan fingerprint density at radius 3 is 2.90 bits per heavy atom. The number of hydrogen-bond acceptors (Lipinski definition) is 4. The van der Waals surface area contributed by atoms with Crippen molar-refractivity contribution in [1.82, 2.24) is 9.97 Å². The second kappa shape index (κ2) is 5.99. The lowest BCUT2D eigenvalue weighted by molar-refractivity contribution is 0.634. The summed E-state index contributed by atoms with van der Waals surface area (Å²) in [5.41, 5.74) is 9.66. The number of thioether (sulfide) groups is 1. The Morgan fingerprint density at radius 1 is 1.35 bits per heavy atom. The third-order valence-electron chi connectivity index (χ3n) is 3.34. The van der Waals surface area contributed by atoms with Gasteiger partial charge in [0.2, 0.25) is 0 Å². The molecule has 5 heteroatoms. The summed E-state index contributed by atoms with van der Waals surface area (Å²) in [4.78, 5) is 8.00. The highest BCUT2D eigenvalue weighted by molar-refractivity contribution is 7.99. The molecule has 2 unspecified atom stereocenters. The van der Waals surface area contributed by atoms with Gasteiger partial charge in [-0.3, -0.25) is 0 Å². The first-order chi connectivity index (χ1) is 9.78. The van der Waals surface area contributed by atoms with E-state index in [-0.39, 0.29) is 11.3 Å². The fourth-order valence-corrected chi connectivity index (χ4v) is 4.15. The zero-order valence-electron chi connectivity index (χ0n) is 11.2. The molecule has 2 aromatic heterocycles. The van der Waals surface area contributed by atoms with Crippen LogP contribution in [0, 0.1) is 0 Å². The smallest absolute Gasteiger partial charge is 0.167 e. The Morgan fingerprint density at radius 2 is 2.20 bits per heavy atom. The van der Waals surface area contributed by atoms with Gasteiger partial charge in [0.05, 0.1) is 16.3 Å². The summed E-state index contributed by atoms with van der Waals surface area (Å²) in [6, 6.07) is 10.4. The minimum absolute atomic E-state index is 0.128. The average Bonchev–Trinajstić information content (AvgIpc) is 3.12. The summed E-state index contributed by atoms with van der Waals surface area (Å²) in [6.07, 6.45) is 0.952. The lowest BCUT2D eigenvalue weighted by Crippen LogP contribution is -2.25. The van der Waals surface area contributed by atoms with E-state index in [0.29, 0.717) is 0 Å². The molecule has 2 heterocycles. The van der Waals surface area contributed by atoms with Gasteiger partial charge in [-0.15, -0.1) is 0 Å². The summed E-state index contributed by atoms with van der Waals surface area (Å²) in [5, 5.41) is 5.46. The van der Waals surface area contributed by atoms with Crippen molar-refractivity contribution in [3.8, 4) is 0 Å². The van der Waals surface area contributed by atoms with E-state index < -0.39 is 0 Å². The Balaban J connectivity index is 1.89. The van der Waals surface area contributed by atoms with Crippen molar-refractivity contribution in [3.63, 3.8) is 0 Å². The van der Waals surface area contributed by atoms with Crippen molar-refractivity contribution in [2.45, 2.75) is 29.8 Å². The zero-order chi connectivity index (χ0) is 13.9. The van der Waals surface area contributed by atoms with Gasteiger partial charge in [-0.2, -0.15) is 11.3 Å². The number of benzene rings is 1. The summed E-state index contributed by atoms with van der Waals surface area (Å²) < 4.78 is 0. The fourth-order valence-electron chi connectivity index (χ4n) is 2.16. The van der Waals surface area contributed by atoms with Gasteiger partial charge in [0.1, 0.15) is 0 Å². The van der Waals surface area contributed by atoms with Gasteiger partial charge in [-0.25, -0.2) is 4.98 Å². The number of para-hydroxylation sites is 2. The number of rotatable bonds is 5. The topological polar surface area (TPSA) is 54.7 Å². The van der Waals surface area contributed by atoms with Gasteiger partial charge in [0, 0.05) is 6.04 Å². The lowest BCUT2D eigenvalue weighted by Gasteiger charge is -2.20. The highest BCUT2D eigenvalue weighted by atomic mass is 32.2. The van der Waals surface area contributed by atoms with E-state index in [2.05, 4.69) is 33.7 Å². The summed E-state index contributed by atoms with van der Waals surface area (Å²) >= 11 is 3.43. The SMILES string of the molecule is CCC(N)C(Sc1nc2ccccc2[nH]1)c1ccsc1. The first-order valence-electron chi connectivity index (χ1n) is 6.67. The minimum Gasteiger partial charge on any atom is -0.333 e. The number of nitrogens with zero attached hydrogens (tertiary/aromatic N) is 1. The highest BCUT2D eigenvalue weighted by Gasteiger charge is 2.21. The number of fused-ring (bicyclic) bond motifs is 1. The fraction of sp³-hybridized carbons (Fsp3) is 0.267. The molecule has 3 rings (SSSR count). The van der Waals surface area contributed by atoms with Gasteiger partial charge in [0.15, 0.2) is 5.16 Å². The molecule has 3 nitrogen and oxygen atoms in total. The van der Waals surface area contributed by atoms with Crippen LogP contribution in [0.1, 0.15) is 24.2 Å². The van der Waals surface area contributed by atoms with Gasteiger partial charge < -0.3 is 10.7 Å². The van der Waals surface area contributed by atoms with Gasteiger partial charge in [-0.1, -0.05) is 30.8 Å². The van der Waals surface area contributed by atoms with Crippen LogP contribution in [0.5, 0.6) is 0 Å². The highest BCUT2D eigenvalue weighted by Crippen LogP contribution is 2.38. The summed E-state index contributed by atoms with van der Waals surface area (Å²) in [6.45, 7) is 2.13. The number of aromatic amines is 1. The van der Waals surface area contributed by atoms with E-state index in [9.17, 15) is 0 Å². The van der Waals surface area contributed by atoms with Crippen LogP contribution < -0.4 is 5.73 Å². The van der Waals surface area contributed by atoms with E-state index in [4.69, 9.17) is 5.73 Å². The lowest BCUT2D eigenvalue weighted by atomic mass is 10.1. The van der Waals surface area contributed by atoms with Crippen molar-refractivity contribution < 1.29 is 0 Å². The van der Waals surface area contributed by atoms with Gasteiger partial charge in [-0.05, 0) is 40.9 Å². The first-order valence-corrected chi connectivity index (χ1v) is 8.49. The van der Waals surface area contributed by atoms with Crippen LogP contribution in [0.25, 0.3) is 11.0 Å². The molecule has 1 aromatic carbocycles. The molecule has 0 bridgehead atoms. The molecule has 3 N–H and O–H groups in total. The van der Waals surface area contributed by atoms with E-state index in [0.717, 1.165) is 22.6 Å². The maximum atomic E-state index is 6.29. The van der Waals surface area contributed by atoms with E-state index in [1.807, 2.05) is 24.3 Å². The van der Waals surface area contributed by atoms with Crippen LogP contribution in [0.3, 0.4) is 0 Å². The monoisotopic (exact) mass is 303 g/mol. The molecular formula is C15H17N3S2.